The molecule has 0 saturated carbocycles. The molecule has 1 amide bonds. The van der Waals surface area contributed by atoms with Crippen molar-refractivity contribution in [3.05, 3.63) is 65.9 Å². The molecule has 4 N–H and O–H groups in total. The zero-order valence-corrected chi connectivity index (χ0v) is 22.5. The van der Waals surface area contributed by atoms with Crippen LogP contribution in [0.4, 0.5) is 11.6 Å². The molecule has 1 saturated heterocycles. The topological polar surface area (TPSA) is 139 Å². The van der Waals surface area contributed by atoms with Gasteiger partial charge in [-0.3, -0.25) is 4.79 Å². The number of nitrogens with zero attached hydrogens (tertiary/aromatic N) is 3. The number of hydrogen-bond acceptors (Lipinski definition) is 8. The Morgan fingerprint density at radius 3 is 2.43 bits per heavy atom. The SMILES string of the molecule is CC1CN(c2ncc(-c3ccc(C(C)(C)O)cc3)cc2C(=O)NS(=O)(=O)c2cccc(N)n2)C(C)(C)C1.[HH]. The van der Waals surface area contributed by atoms with Gasteiger partial charge in [0, 0.05) is 25.3 Å². The molecule has 10 heteroatoms. The first-order chi connectivity index (χ1) is 17.2. The maximum Gasteiger partial charge on any atom is 0.281 e. The third-order valence-corrected chi connectivity index (χ3v) is 7.84. The van der Waals surface area contributed by atoms with Crippen molar-refractivity contribution in [2.24, 2.45) is 5.92 Å². The first kappa shape index (κ1) is 26.6. The van der Waals surface area contributed by atoms with E-state index in [2.05, 4.69) is 40.4 Å². The van der Waals surface area contributed by atoms with Crippen molar-refractivity contribution < 1.29 is 19.7 Å². The van der Waals surface area contributed by atoms with E-state index >= 15 is 0 Å². The fourth-order valence-electron chi connectivity index (χ4n) is 4.84. The van der Waals surface area contributed by atoms with Crippen LogP contribution in [-0.2, 0) is 15.6 Å². The fraction of sp³-hybridized carbons (Fsp3) is 0.370. The second-order valence-corrected chi connectivity index (χ2v) is 12.4. The van der Waals surface area contributed by atoms with Gasteiger partial charge in [0.05, 0.1) is 11.2 Å². The first-order valence-corrected chi connectivity index (χ1v) is 13.6. The molecule has 0 radical (unpaired) electrons. The summed E-state index contributed by atoms with van der Waals surface area (Å²) in [6.07, 6.45) is 2.58. The molecule has 9 nitrogen and oxygen atoms in total. The summed E-state index contributed by atoms with van der Waals surface area (Å²) >= 11 is 0. The Morgan fingerprint density at radius 1 is 1.19 bits per heavy atom. The number of carbonyl (C=O) groups is 1. The van der Waals surface area contributed by atoms with Crippen molar-refractivity contribution in [2.45, 2.75) is 57.2 Å². The lowest BCUT2D eigenvalue weighted by Crippen LogP contribution is -2.41. The first-order valence-electron chi connectivity index (χ1n) is 12.1. The standard InChI is InChI=1S/C27H33N5O4S.H2/c1-17-14-26(2,3)32(16-17)24-21(25(33)31-37(35,36)23-8-6-7-22(28)30-23)13-19(15-29-24)18-9-11-20(12-10-18)27(4,5)34;/h6-13,15,17,34H,14,16H2,1-5H3,(H2,28,30)(H,31,33);1H. The molecule has 1 aliphatic heterocycles. The summed E-state index contributed by atoms with van der Waals surface area (Å²) in [6, 6.07) is 13.1. The van der Waals surface area contributed by atoms with E-state index in [1.165, 1.54) is 18.2 Å². The lowest BCUT2D eigenvalue weighted by atomic mass is 9.95. The van der Waals surface area contributed by atoms with E-state index in [4.69, 9.17) is 5.73 Å². The number of rotatable bonds is 6. The quantitative estimate of drug-likeness (QED) is 0.440. The smallest absolute Gasteiger partial charge is 0.281 e. The number of hydrogen-bond donors (Lipinski definition) is 3. The average molecular weight is 526 g/mol. The highest BCUT2D eigenvalue weighted by molar-refractivity contribution is 7.90. The van der Waals surface area contributed by atoms with Crippen LogP contribution in [-0.4, -0.2) is 41.5 Å². The highest BCUT2D eigenvalue weighted by atomic mass is 32.2. The van der Waals surface area contributed by atoms with Crippen LogP contribution >= 0.6 is 0 Å². The summed E-state index contributed by atoms with van der Waals surface area (Å²) < 4.78 is 28.1. The van der Waals surface area contributed by atoms with Gasteiger partial charge >= 0.3 is 0 Å². The minimum atomic E-state index is -4.27. The third kappa shape index (κ3) is 5.60. The molecule has 0 aliphatic carbocycles. The number of carbonyl (C=O) groups excluding carboxylic acids is 1. The predicted octanol–water partition coefficient (Wildman–Crippen LogP) is 3.94. The second kappa shape index (κ2) is 9.42. The monoisotopic (exact) mass is 525 g/mol. The van der Waals surface area contributed by atoms with Crippen molar-refractivity contribution in [1.82, 2.24) is 14.7 Å². The number of aliphatic hydroxyl groups is 1. The van der Waals surface area contributed by atoms with Gasteiger partial charge in [0.15, 0.2) is 5.03 Å². The maximum atomic E-state index is 13.5. The third-order valence-electron chi connectivity index (χ3n) is 6.61. The van der Waals surface area contributed by atoms with Gasteiger partial charge in [-0.1, -0.05) is 37.3 Å². The number of nitrogens with two attached hydrogens (primary N) is 1. The van der Waals surface area contributed by atoms with Crippen molar-refractivity contribution >= 4 is 27.6 Å². The number of benzene rings is 1. The zero-order valence-electron chi connectivity index (χ0n) is 21.7. The molecular formula is C27H35N5O4S. The molecule has 2 aromatic heterocycles. The van der Waals surface area contributed by atoms with Crippen LogP contribution in [0.15, 0.2) is 59.8 Å². The van der Waals surface area contributed by atoms with Crippen molar-refractivity contribution in [3.8, 4) is 11.1 Å². The Balaban J connectivity index is 0.00000400. The number of amides is 1. The Labute approximate surface area is 219 Å². The maximum absolute atomic E-state index is 13.5. The molecule has 0 spiro atoms. The molecule has 1 unspecified atom stereocenters. The average Bonchev–Trinajstić information content (AvgIpc) is 3.09. The zero-order chi connectivity index (χ0) is 27.2. The number of nitrogen functional groups attached to an aromatic ring is 1. The van der Waals surface area contributed by atoms with Gasteiger partial charge in [0.25, 0.3) is 15.9 Å². The van der Waals surface area contributed by atoms with Gasteiger partial charge in [-0.15, -0.1) is 0 Å². The van der Waals surface area contributed by atoms with Crippen molar-refractivity contribution in [3.63, 3.8) is 0 Å². The van der Waals surface area contributed by atoms with Crippen LogP contribution in [0.1, 0.15) is 58.4 Å². The number of sulfonamides is 1. The Morgan fingerprint density at radius 2 is 1.86 bits per heavy atom. The summed E-state index contributed by atoms with van der Waals surface area (Å²) in [6.45, 7) is 10.4. The molecule has 37 heavy (non-hydrogen) atoms. The molecule has 3 aromatic rings. The van der Waals surface area contributed by atoms with Gasteiger partial charge in [-0.2, -0.15) is 8.42 Å². The van der Waals surface area contributed by atoms with E-state index in [1.807, 2.05) is 24.3 Å². The predicted molar refractivity (Wildman–Crippen MR) is 146 cm³/mol. The van der Waals surface area contributed by atoms with E-state index in [9.17, 15) is 18.3 Å². The fourth-order valence-corrected chi connectivity index (χ4v) is 5.78. The van der Waals surface area contributed by atoms with Crippen LogP contribution in [0.2, 0.25) is 0 Å². The highest BCUT2D eigenvalue weighted by Gasteiger charge is 2.39. The number of pyridine rings is 2. The Hall–Kier alpha value is -3.50. The minimum absolute atomic E-state index is 0. The number of nitrogens with one attached hydrogen (secondary N) is 1. The van der Waals surface area contributed by atoms with Crippen LogP contribution in [0, 0.1) is 5.92 Å². The number of aromatic nitrogens is 2. The Kier molecular flexibility index (Phi) is 6.76. The van der Waals surface area contributed by atoms with E-state index in [0.717, 1.165) is 17.5 Å². The van der Waals surface area contributed by atoms with E-state index in [-0.39, 0.29) is 23.4 Å². The second-order valence-electron chi connectivity index (χ2n) is 10.8. The molecule has 0 bridgehead atoms. The summed E-state index contributed by atoms with van der Waals surface area (Å²) in [5.41, 5.74) is 6.68. The minimum Gasteiger partial charge on any atom is -0.386 e. The van der Waals surface area contributed by atoms with Crippen molar-refractivity contribution in [1.29, 1.82) is 0 Å². The molecule has 4 rings (SSSR count). The molecule has 198 valence electrons. The Bertz CT molecular complexity index is 1440. The molecule has 1 aromatic carbocycles. The summed E-state index contributed by atoms with van der Waals surface area (Å²) in [5, 5.41) is 9.93. The lowest BCUT2D eigenvalue weighted by Gasteiger charge is -2.33. The van der Waals surface area contributed by atoms with Gasteiger partial charge in [0.2, 0.25) is 0 Å². The van der Waals surface area contributed by atoms with Gasteiger partial charge in [-0.05, 0) is 69.4 Å². The van der Waals surface area contributed by atoms with E-state index in [0.29, 0.717) is 23.8 Å². The summed E-state index contributed by atoms with van der Waals surface area (Å²) in [5.74, 6) is 0.0143. The van der Waals surface area contributed by atoms with Crippen LogP contribution in [0.25, 0.3) is 11.1 Å². The van der Waals surface area contributed by atoms with Gasteiger partial charge in [0.1, 0.15) is 11.6 Å². The largest absolute Gasteiger partial charge is 0.386 e. The molecule has 1 aliphatic rings. The van der Waals surface area contributed by atoms with Crippen molar-refractivity contribution in [2.75, 3.05) is 17.2 Å². The number of anilines is 2. The van der Waals surface area contributed by atoms with E-state index in [1.54, 1.807) is 26.1 Å². The normalized spacial score (nSPS) is 17.6. The van der Waals surface area contributed by atoms with E-state index < -0.39 is 21.5 Å². The molecule has 3 heterocycles. The molecule has 1 fully saturated rings. The molecular weight excluding hydrogens is 490 g/mol. The van der Waals surface area contributed by atoms with Crippen LogP contribution in [0.5, 0.6) is 0 Å². The molecule has 1 atom stereocenters. The summed E-state index contributed by atoms with van der Waals surface area (Å²) in [7, 11) is -4.27. The summed E-state index contributed by atoms with van der Waals surface area (Å²) in [4.78, 5) is 24.1. The lowest BCUT2D eigenvalue weighted by molar-refractivity contribution is 0.0786. The van der Waals surface area contributed by atoms with Crippen LogP contribution < -0.4 is 15.4 Å². The van der Waals surface area contributed by atoms with Crippen LogP contribution in [0.3, 0.4) is 0 Å². The van der Waals surface area contributed by atoms with Gasteiger partial charge < -0.3 is 15.7 Å². The van der Waals surface area contributed by atoms with Gasteiger partial charge in [-0.25, -0.2) is 14.7 Å². The highest BCUT2D eigenvalue weighted by Crippen LogP contribution is 2.38.